The van der Waals surface area contributed by atoms with Gasteiger partial charge >= 0.3 is 12.1 Å². The monoisotopic (exact) mass is 356 g/mol. The van der Waals surface area contributed by atoms with Gasteiger partial charge in [-0.15, -0.1) is 0 Å². The van der Waals surface area contributed by atoms with E-state index in [2.05, 4.69) is 0 Å². The summed E-state index contributed by atoms with van der Waals surface area (Å²) in [7, 11) is 0. The van der Waals surface area contributed by atoms with Crippen molar-refractivity contribution in [1.82, 2.24) is 0 Å². The number of aliphatic hydroxyl groups is 1. The van der Waals surface area contributed by atoms with Crippen LogP contribution in [0.15, 0.2) is 36.4 Å². The molecule has 126 valence electrons. The zero-order valence-corrected chi connectivity index (χ0v) is 13.2. The molecule has 1 N–H and O–H groups in total. The lowest BCUT2D eigenvalue weighted by Gasteiger charge is -2.28. The summed E-state index contributed by atoms with van der Waals surface area (Å²) in [5, 5.41) is 10.5. The van der Waals surface area contributed by atoms with Crippen LogP contribution >= 0.6 is 11.6 Å². The molecule has 3 nitrogen and oxygen atoms in total. The first-order valence-corrected chi connectivity index (χ1v) is 7.49. The fourth-order valence-corrected chi connectivity index (χ4v) is 3.29. The molecule has 0 amide bonds. The third kappa shape index (κ3) is 2.21. The van der Waals surface area contributed by atoms with E-state index in [9.17, 15) is 23.1 Å². The van der Waals surface area contributed by atoms with Gasteiger partial charge in [0.1, 0.15) is 0 Å². The second kappa shape index (κ2) is 5.50. The molecule has 1 aliphatic carbocycles. The summed E-state index contributed by atoms with van der Waals surface area (Å²) < 4.78 is 45.9. The summed E-state index contributed by atoms with van der Waals surface area (Å²) in [4.78, 5) is 11.9. The zero-order valence-electron chi connectivity index (χ0n) is 12.4. The number of alkyl halides is 3. The fraction of sp³-hybridized carbons (Fsp3) is 0.235. The minimum absolute atomic E-state index is 0.0526. The Hall–Kier alpha value is -2.05. The highest BCUT2D eigenvalue weighted by Crippen LogP contribution is 2.56. The summed E-state index contributed by atoms with van der Waals surface area (Å²) >= 11 is 6.14. The van der Waals surface area contributed by atoms with Gasteiger partial charge < -0.3 is 9.84 Å². The van der Waals surface area contributed by atoms with Crippen LogP contribution in [0.2, 0.25) is 5.02 Å². The average molecular weight is 357 g/mol. The van der Waals surface area contributed by atoms with Gasteiger partial charge in [0.2, 0.25) is 5.60 Å². The van der Waals surface area contributed by atoms with Gasteiger partial charge in [0, 0.05) is 21.7 Å². The molecule has 1 aliphatic rings. The Morgan fingerprint density at radius 3 is 2.54 bits per heavy atom. The minimum Gasteiger partial charge on any atom is -0.462 e. The van der Waals surface area contributed by atoms with Crippen LogP contribution in [0.5, 0.6) is 0 Å². The summed E-state index contributed by atoms with van der Waals surface area (Å²) in [5.74, 6) is -0.803. The minimum atomic E-state index is -4.98. The number of hydrogen-bond acceptors (Lipinski definition) is 3. The number of halogens is 4. The van der Waals surface area contributed by atoms with E-state index < -0.39 is 23.3 Å². The van der Waals surface area contributed by atoms with E-state index in [1.54, 1.807) is 13.0 Å². The van der Waals surface area contributed by atoms with Crippen LogP contribution in [-0.4, -0.2) is 23.9 Å². The van der Waals surface area contributed by atoms with Crippen LogP contribution in [0.3, 0.4) is 0 Å². The molecule has 0 saturated carbocycles. The molecule has 1 unspecified atom stereocenters. The Morgan fingerprint density at radius 2 is 1.92 bits per heavy atom. The average Bonchev–Trinajstić information content (AvgIpc) is 2.79. The molecule has 0 radical (unpaired) electrons. The molecule has 0 fully saturated rings. The van der Waals surface area contributed by atoms with Crippen LogP contribution in [0, 0.1) is 0 Å². The lowest BCUT2D eigenvalue weighted by atomic mass is 9.90. The number of ether oxygens (including phenoxy) is 1. The van der Waals surface area contributed by atoms with Crippen molar-refractivity contribution in [3.8, 4) is 11.1 Å². The highest BCUT2D eigenvalue weighted by Gasteiger charge is 2.61. The molecule has 24 heavy (non-hydrogen) atoms. The Morgan fingerprint density at radius 1 is 1.25 bits per heavy atom. The SMILES string of the molecule is CCOC(=O)c1cc(Cl)c2c(c1)C(O)(C(F)(F)F)c1ccccc1-2. The van der Waals surface area contributed by atoms with Gasteiger partial charge in [-0.2, -0.15) is 13.2 Å². The number of fused-ring (bicyclic) bond motifs is 3. The zero-order chi connectivity index (χ0) is 17.7. The van der Waals surface area contributed by atoms with Crippen molar-refractivity contribution in [2.45, 2.75) is 18.7 Å². The lowest BCUT2D eigenvalue weighted by Crippen LogP contribution is -2.41. The molecule has 3 rings (SSSR count). The largest absolute Gasteiger partial charge is 0.462 e. The Bertz CT molecular complexity index is 832. The van der Waals surface area contributed by atoms with E-state index in [-0.39, 0.29) is 33.9 Å². The Kier molecular flexibility index (Phi) is 3.85. The van der Waals surface area contributed by atoms with E-state index in [4.69, 9.17) is 16.3 Å². The lowest BCUT2D eigenvalue weighted by molar-refractivity contribution is -0.246. The quantitative estimate of drug-likeness (QED) is 0.816. The molecular formula is C17H12ClF3O3. The van der Waals surface area contributed by atoms with Crippen molar-refractivity contribution in [3.63, 3.8) is 0 Å². The number of benzene rings is 2. The fourth-order valence-electron chi connectivity index (χ4n) is 2.97. The standard InChI is InChI=1S/C17H12ClF3O3/c1-2-24-15(22)9-7-12-14(13(18)8-9)10-5-3-4-6-11(10)16(12,23)17(19,20)21/h3-8,23H,2H2,1H3. The number of hydrogen-bond donors (Lipinski definition) is 1. The van der Waals surface area contributed by atoms with Crippen LogP contribution in [0.25, 0.3) is 11.1 Å². The predicted octanol–water partition coefficient (Wildman–Crippen LogP) is 4.30. The molecule has 7 heteroatoms. The second-order valence-corrected chi connectivity index (χ2v) is 5.76. The van der Waals surface area contributed by atoms with Gasteiger partial charge in [-0.25, -0.2) is 4.79 Å². The molecule has 2 aromatic carbocycles. The summed E-state index contributed by atoms with van der Waals surface area (Å²) in [6.07, 6.45) is -4.98. The molecule has 2 aromatic rings. The van der Waals surface area contributed by atoms with Crippen molar-refractivity contribution in [3.05, 3.63) is 58.1 Å². The molecule has 0 heterocycles. The summed E-state index contributed by atoms with van der Waals surface area (Å²) in [6, 6.07) is 7.85. The highest BCUT2D eigenvalue weighted by atomic mass is 35.5. The van der Waals surface area contributed by atoms with Gasteiger partial charge in [-0.05, 0) is 24.6 Å². The third-order valence-corrected chi connectivity index (χ3v) is 4.29. The highest BCUT2D eigenvalue weighted by molar-refractivity contribution is 6.34. The summed E-state index contributed by atoms with van der Waals surface area (Å²) in [6.45, 7) is 1.64. The number of rotatable bonds is 2. The second-order valence-electron chi connectivity index (χ2n) is 5.35. The van der Waals surface area contributed by atoms with Crippen molar-refractivity contribution in [2.24, 2.45) is 0 Å². The molecule has 0 spiro atoms. The summed E-state index contributed by atoms with van der Waals surface area (Å²) in [5.41, 5.74) is -3.89. The van der Waals surface area contributed by atoms with Crippen molar-refractivity contribution >= 4 is 17.6 Å². The van der Waals surface area contributed by atoms with Crippen LogP contribution in [0.1, 0.15) is 28.4 Å². The van der Waals surface area contributed by atoms with Crippen molar-refractivity contribution in [1.29, 1.82) is 0 Å². The maximum Gasteiger partial charge on any atom is 0.425 e. The smallest absolute Gasteiger partial charge is 0.425 e. The first-order chi connectivity index (χ1) is 11.2. The first-order valence-electron chi connectivity index (χ1n) is 7.12. The first kappa shape index (κ1) is 16.8. The van der Waals surface area contributed by atoms with Crippen LogP contribution in [0.4, 0.5) is 13.2 Å². The van der Waals surface area contributed by atoms with E-state index in [0.29, 0.717) is 0 Å². The molecule has 0 bridgehead atoms. The van der Waals surface area contributed by atoms with Gasteiger partial charge in [0.15, 0.2) is 0 Å². The molecule has 0 aromatic heterocycles. The number of carbonyl (C=O) groups is 1. The number of esters is 1. The van der Waals surface area contributed by atoms with Gasteiger partial charge in [0.05, 0.1) is 12.2 Å². The molecule has 0 aliphatic heterocycles. The van der Waals surface area contributed by atoms with Crippen molar-refractivity contribution in [2.75, 3.05) is 6.61 Å². The third-order valence-electron chi connectivity index (χ3n) is 3.99. The van der Waals surface area contributed by atoms with Crippen molar-refractivity contribution < 1.29 is 27.8 Å². The van der Waals surface area contributed by atoms with E-state index in [0.717, 1.165) is 6.07 Å². The van der Waals surface area contributed by atoms with E-state index >= 15 is 0 Å². The van der Waals surface area contributed by atoms with Crippen LogP contribution < -0.4 is 0 Å². The van der Waals surface area contributed by atoms with Gasteiger partial charge in [-0.3, -0.25) is 0 Å². The molecule has 0 saturated heterocycles. The van der Waals surface area contributed by atoms with E-state index in [1.807, 2.05) is 0 Å². The Balaban J connectivity index is 2.33. The van der Waals surface area contributed by atoms with Gasteiger partial charge in [-0.1, -0.05) is 35.9 Å². The molecule has 1 atom stereocenters. The van der Waals surface area contributed by atoms with Gasteiger partial charge in [0.25, 0.3) is 0 Å². The topological polar surface area (TPSA) is 46.5 Å². The molecular weight excluding hydrogens is 345 g/mol. The Labute approximate surface area is 140 Å². The van der Waals surface area contributed by atoms with Crippen LogP contribution in [-0.2, 0) is 10.3 Å². The normalized spacial score (nSPS) is 18.9. The predicted molar refractivity (Wildman–Crippen MR) is 81.9 cm³/mol. The maximum absolute atomic E-state index is 13.7. The maximum atomic E-state index is 13.7. The number of carbonyl (C=O) groups excluding carboxylic acids is 1. The van der Waals surface area contributed by atoms with E-state index in [1.165, 1.54) is 24.3 Å².